The molecule has 0 aliphatic heterocycles. The van der Waals surface area contributed by atoms with Crippen LogP contribution in [0.15, 0.2) is 23.1 Å². The zero-order valence-electron chi connectivity index (χ0n) is 13.0. The van der Waals surface area contributed by atoms with Gasteiger partial charge >= 0.3 is 0 Å². The Bertz CT molecular complexity index is 557. The molecule has 7 heteroatoms. The van der Waals surface area contributed by atoms with Gasteiger partial charge in [-0.15, -0.1) is 12.4 Å². The summed E-state index contributed by atoms with van der Waals surface area (Å²) in [4.78, 5) is 0.257. The minimum atomic E-state index is -3.55. The van der Waals surface area contributed by atoms with Gasteiger partial charge in [0.15, 0.2) is 0 Å². The van der Waals surface area contributed by atoms with E-state index in [0.29, 0.717) is 24.2 Å². The number of rotatable bonds is 7. The minimum Gasteiger partial charge on any atom is -0.497 e. The first-order valence-electron chi connectivity index (χ1n) is 6.71. The normalized spacial score (nSPS) is 11.9. The Labute approximate surface area is 133 Å². The van der Waals surface area contributed by atoms with E-state index in [1.54, 1.807) is 32.2 Å². The second kappa shape index (κ2) is 7.98. The SMILES string of the molecule is CCC(N)(CC)CNS(=O)(=O)c1ccc(OC)cc1C.Cl. The molecule has 0 aliphatic rings. The molecule has 0 heterocycles. The van der Waals surface area contributed by atoms with Crippen LogP contribution in [0.1, 0.15) is 32.3 Å². The van der Waals surface area contributed by atoms with Gasteiger partial charge in [0.25, 0.3) is 0 Å². The molecule has 0 atom stereocenters. The van der Waals surface area contributed by atoms with Gasteiger partial charge in [-0.2, -0.15) is 0 Å². The molecule has 122 valence electrons. The first-order chi connectivity index (χ1) is 9.28. The Morgan fingerprint density at radius 2 is 1.86 bits per heavy atom. The number of ether oxygens (including phenoxy) is 1. The van der Waals surface area contributed by atoms with E-state index in [0.717, 1.165) is 0 Å². The van der Waals surface area contributed by atoms with Gasteiger partial charge in [0, 0.05) is 12.1 Å². The molecule has 0 saturated heterocycles. The number of halogens is 1. The average Bonchev–Trinajstić information content (AvgIpc) is 2.44. The van der Waals surface area contributed by atoms with E-state index in [-0.39, 0.29) is 23.8 Å². The predicted molar refractivity (Wildman–Crippen MR) is 87.7 cm³/mol. The number of benzene rings is 1. The van der Waals surface area contributed by atoms with E-state index in [9.17, 15) is 8.42 Å². The number of nitrogens with two attached hydrogens (primary N) is 1. The smallest absolute Gasteiger partial charge is 0.240 e. The van der Waals surface area contributed by atoms with Gasteiger partial charge < -0.3 is 10.5 Å². The first-order valence-corrected chi connectivity index (χ1v) is 8.19. The Kier molecular flexibility index (Phi) is 7.67. The minimum absolute atomic E-state index is 0. The van der Waals surface area contributed by atoms with Crippen molar-refractivity contribution < 1.29 is 13.2 Å². The van der Waals surface area contributed by atoms with E-state index in [1.807, 2.05) is 13.8 Å². The lowest BCUT2D eigenvalue weighted by Gasteiger charge is -2.26. The molecule has 21 heavy (non-hydrogen) atoms. The first kappa shape index (κ1) is 20.2. The largest absolute Gasteiger partial charge is 0.497 e. The zero-order valence-corrected chi connectivity index (χ0v) is 14.6. The molecule has 0 radical (unpaired) electrons. The number of methoxy groups -OCH3 is 1. The molecule has 5 nitrogen and oxygen atoms in total. The summed E-state index contributed by atoms with van der Waals surface area (Å²) in [5, 5.41) is 0. The van der Waals surface area contributed by atoms with Crippen molar-refractivity contribution in [2.24, 2.45) is 5.73 Å². The van der Waals surface area contributed by atoms with Crippen molar-refractivity contribution in [3.05, 3.63) is 23.8 Å². The van der Waals surface area contributed by atoms with Crippen LogP contribution in [-0.4, -0.2) is 27.6 Å². The fourth-order valence-electron chi connectivity index (χ4n) is 1.87. The van der Waals surface area contributed by atoms with Crippen LogP contribution in [0.5, 0.6) is 5.75 Å². The molecule has 0 saturated carbocycles. The lowest BCUT2D eigenvalue weighted by Crippen LogP contribution is -2.49. The lowest BCUT2D eigenvalue weighted by atomic mass is 9.95. The Balaban J connectivity index is 0.00000400. The number of sulfonamides is 1. The summed E-state index contributed by atoms with van der Waals surface area (Å²) < 4.78 is 32.3. The molecule has 0 fully saturated rings. The Morgan fingerprint density at radius 3 is 2.29 bits per heavy atom. The van der Waals surface area contributed by atoms with Crippen molar-refractivity contribution in [3.63, 3.8) is 0 Å². The summed E-state index contributed by atoms with van der Waals surface area (Å²) in [6, 6.07) is 4.88. The summed E-state index contributed by atoms with van der Waals surface area (Å²) in [5.41, 5.74) is 6.26. The van der Waals surface area contributed by atoms with Crippen LogP contribution in [-0.2, 0) is 10.0 Å². The fourth-order valence-corrected chi connectivity index (χ4v) is 3.23. The third kappa shape index (κ3) is 5.14. The summed E-state index contributed by atoms with van der Waals surface area (Å²) in [6.07, 6.45) is 1.43. The number of hydrogen-bond donors (Lipinski definition) is 2. The summed E-state index contributed by atoms with van der Waals surface area (Å²) in [6.45, 7) is 5.88. The second-order valence-corrected chi connectivity index (χ2v) is 6.76. The van der Waals surface area contributed by atoms with Gasteiger partial charge in [-0.25, -0.2) is 13.1 Å². The standard InChI is InChI=1S/C14H24N2O3S.ClH/c1-5-14(15,6-2)10-16-20(17,18)13-8-7-12(19-4)9-11(13)3;/h7-9,16H,5-6,10,15H2,1-4H3;1H. The van der Waals surface area contributed by atoms with Crippen molar-refractivity contribution in [1.82, 2.24) is 4.72 Å². The van der Waals surface area contributed by atoms with Gasteiger partial charge in [-0.1, -0.05) is 13.8 Å². The predicted octanol–water partition coefficient (Wildman–Crippen LogP) is 2.22. The van der Waals surface area contributed by atoms with Crippen LogP contribution < -0.4 is 15.2 Å². The molecule has 3 N–H and O–H groups in total. The average molecular weight is 337 g/mol. The molecule has 0 aromatic heterocycles. The number of aryl methyl sites for hydroxylation is 1. The van der Waals surface area contributed by atoms with Crippen molar-refractivity contribution in [2.75, 3.05) is 13.7 Å². The van der Waals surface area contributed by atoms with Crippen LogP contribution in [0.3, 0.4) is 0 Å². The van der Waals surface area contributed by atoms with Gasteiger partial charge in [-0.3, -0.25) is 0 Å². The van der Waals surface area contributed by atoms with Gasteiger partial charge in [0.05, 0.1) is 12.0 Å². The highest BCUT2D eigenvalue weighted by Gasteiger charge is 2.24. The summed E-state index contributed by atoms with van der Waals surface area (Å²) in [7, 11) is -2.01. The molecular weight excluding hydrogens is 312 g/mol. The van der Waals surface area contributed by atoms with E-state index in [2.05, 4.69) is 4.72 Å². The maximum Gasteiger partial charge on any atom is 0.240 e. The molecule has 0 amide bonds. The van der Waals surface area contributed by atoms with Crippen LogP contribution in [0.4, 0.5) is 0 Å². The molecule has 0 spiro atoms. The maximum absolute atomic E-state index is 12.3. The molecule has 1 aromatic carbocycles. The van der Waals surface area contributed by atoms with Crippen LogP contribution >= 0.6 is 12.4 Å². The molecule has 0 unspecified atom stereocenters. The van der Waals surface area contributed by atoms with Crippen LogP contribution in [0, 0.1) is 6.92 Å². The number of hydrogen-bond acceptors (Lipinski definition) is 4. The molecule has 0 aliphatic carbocycles. The zero-order chi connectivity index (χ0) is 15.4. The fraction of sp³-hybridized carbons (Fsp3) is 0.571. The van der Waals surface area contributed by atoms with E-state index in [4.69, 9.17) is 10.5 Å². The van der Waals surface area contributed by atoms with Crippen molar-refractivity contribution in [3.8, 4) is 5.75 Å². The third-order valence-corrected chi connectivity index (χ3v) is 5.26. The summed E-state index contributed by atoms with van der Waals surface area (Å²) >= 11 is 0. The highest BCUT2D eigenvalue weighted by atomic mass is 35.5. The highest BCUT2D eigenvalue weighted by Crippen LogP contribution is 2.21. The molecule has 0 bridgehead atoms. The van der Waals surface area contributed by atoms with E-state index in [1.165, 1.54) is 0 Å². The van der Waals surface area contributed by atoms with Crippen LogP contribution in [0.25, 0.3) is 0 Å². The van der Waals surface area contributed by atoms with E-state index >= 15 is 0 Å². The Hall–Kier alpha value is -0.820. The maximum atomic E-state index is 12.3. The second-order valence-electron chi connectivity index (χ2n) is 5.03. The lowest BCUT2D eigenvalue weighted by molar-refractivity contribution is 0.391. The molecule has 1 rings (SSSR count). The van der Waals surface area contributed by atoms with Crippen LogP contribution in [0.2, 0.25) is 0 Å². The highest BCUT2D eigenvalue weighted by molar-refractivity contribution is 7.89. The van der Waals surface area contributed by atoms with Gasteiger partial charge in [0.2, 0.25) is 10.0 Å². The molecular formula is C14H25ClN2O3S. The Morgan fingerprint density at radius 1 is 1.29 bits per heavy atom. The number of nitrogens with one attached hydrogen (secondary N) is 1. The monoisotopic (exact) mass is 336 g/mol. The molecule has 1 aromatic rings. The van der Waals surface area contributed by atoms with Gasteiger partial charge in [-0.05, 0) is 43.5 Å². The van der Waals surface area contributed by atoms with E-state index < -0.39 is 15.6 Å². The quantitative estimate of drug-likeness (QED) is 0.800. The third-order valence-electron chi connectivity index (χ3n) is 3.69. The van der Waals surface area contributed by atoms with Crippen molar-refractivity contribution >= 4 is 22.4 Å². The van der Waals surface area contributed by atoms with Crippen molar-refractivity contribution in [2.45, 2.75) is 44.0 Å². The van der Waals surface area contributed by atoms with Gasteiger partial charge in [0.1, 0.15) is 5.75 Å². The summed E-state index contributed by atoms with van der Waals surface area (Å²) in [5.74, 6) is 0.636. The topological polar surface area (TPSA) is 81.4 Å². The van der Waals surface area contributed by atoms with Crippen molar-refractivity contribution in [1.29, 1.82) is 0 Å².